The number of hydrogen-bond donors (Lipinski definition) is 0. The van der Waals surface area contributed by atoms with Gasteiger partial charge in [0.25, 0.3) is 5.24 Å². The normalized spacial score (nSPS) is 23.0. The van der Waals surface area contributed by atoms with Gasteiger partial charge in [0, 0.05) is 11.6 Å². The van der Waals surface area contributed by atoms with Crippen LogP contribution >= 0.6 is 11.6 Å². The van der Waals surface area contributed by atoms with Gasteiger partial charge in [0.1, 0.15) is 11.5 Å². The molecule has 6 nitrogen and oxygen atoms in total. The number of halogens is 1. The zero-order chi connectivity index (χ0) is 18.7. The smallest absolute Gasteiger partial charge is 0.252 e. The summed E-state index contributed by atoms with van der Waals surface area (Å²) in [4.78, 5) is 25.8. The molecular weight excluding hydrogens is 344 g/mol. The van der Waals surface area contributed by atoms with Crippen molar-refractivity contribution in [2.75, 3.05) is 14.2 Å². The van der Waals surface area contributed by atoms with E-state index in [2.05, 4.69) is 0 Å². The molecule has 3 atom stereocenters. The van der Waals surface area contributed by atoms with Crippen molar-refractivity contribution in [2.45, 2.75) is 38.6 Å². The summed E-state index contributed by atoms with van der Waals surface area (Å²) in [5.74, 6) is 1.22. The first kappa shape index (κ1) is 19.6. The van der Waals surface area contributed by atoms with Crippen molar-refractivity contribution in [3.05, 3.63) is 23.8 Å². The van der Waals surface area contributed by atoms with E-state index in [9.17, 15) is 9.59 Å². The van der Waals surface area contributed by atoms with E-state index in [4.69, 9.17) is 25.8 Å². The molecule has 1 saturated heterocycles. The SMILES string of the molecule is BC(=O)N1C(c2ccc(OC)cc2OC)O[C@@H](C(=O)Cl)C1CC(C)C. The lowest BCUT2D eigenvalue weighted by atomic mass is 9.96. The number of carbonyl (C=O) groups excluding carboxylic acids is 2. The Bertz CT molecular complexity index is 654. The van der Waals surface area contributed by atoms with Gasteiger partial charge in [-0.25, -0.2) is 0 Å². The third kappa shape index (κ3) is 4.10. The van der Waals surface area contributed by atoms with E-state index >= 15 is 0 Å². The van der Waals surface area contributed by atoms with Crippen LogP contribution in [0, 0.1) is 5.92 Å². The molecule has 0 aromatic heterocycles. The third-order valence-corrected chi connectivity index (χ3v) is 4.46. The number of benzene rings is 1. The molecule has 136 valence electrons. The summed E-state index contributed by atoms with van der Waals surface area (Å²) in [6, 6.07) is 4.82. The van der Waals surface area contributed by atoms with Crippen molar-refractivity contribution in [3.8, 4) is 11.5 Å². The summed E-state index contributed by atoms with van der Waals surface area (Å²) >= 11 is 5.75. The summed E-state index contributed by atoms with van der Waals surface area (Å²) in [6.07, 6.45) is -1.00. The molecule has 1 amide bonds. The number of amides is 1. The highest BCUT2D eigenvalue weighted by Gasteiger charge is 2.47. The van der Waals surface area contributed by atoms with E-state index in [0.717, 1.165) is 0 Å². The number of methoxy groups -OCH3 is 2. The van der Waals surface area contributed by atoms with Crippen LogP contribution in [-0.2, 0) is 9.53 Å². The fourth-order valence-electron chi connectivity index (χ4n) is 3.18. The van der Waals surface area contributed by atoms with Gasteiger partial charge in [-0.15, -0.1) is 0 Å². The Balaban J connectivity index is 2.48. The van der Waals surface area contributed by atoms with Crippen LogP contribution in [0.3, 0.4) is 0 Å². The van der Waals surface area contributed by atoms with E-state index in [1.54, 1.807) is 30.2 Å². The average Bonchev–Trinajstić information content (AvgIpc) is 2.92. The van der Waals surface area contributed by atoms with Crippen LogP contribution in [0.4, 0.5) is 4.79 Å². The predicted octanol–water partition coefficient (Wildman–Crippen LogP) is 2.34. The topological polar surface area (TPSA) is 65.1 Å². The Morgan fingerprint density at radius 2 is 2.00 bits per heavy atom. The molecule has 0 saturated carbocycles. The molecule has 0 aliphatic carbocycles. The maximum atomic E-state index is 12.3. The summed E-state index contributed by atoms with van der Waals surface area (Å²) < 4.78 is 16.5. The number of nitrogens with zero attached hydrogens (tertiary/aromatic N) is 1. The molecule has 0 radical (unpaired) electrons. The Kier molecular flexibility index (Phi) is 6.35. The van der Waals surface area contributed by atoms with Gasteiger partial charge in [0.2, 0.25) is 7.85 Å². The first-order chi connectivity index (χ1) is 11.8. The molecule has 1 aromatic rings. The van der Waals surface area contributed by atoms with Gasteiger partial charge >= 0.3 is 0 Å². The second-order valence-corrected chi connectivity index (χ2v) is 6.82. The number of rotatable bonds is 6. The monoisotopic (exact) mass is 367 g/mol. The van der Waals surface area contributed by atoms with Crippen LogP contribution < -0.4 is 9.47 Å². The van der Waals surface area contributed by atoms with Gasteiger partial charge in [0.15, 0.2) is 18.1 Å². The minimum atomic E-state index is -0.871. The molecule has 1 aromatic carbocycles. The van der Waals surface area contributed by atoms with Crippen molar-refractivity contribution < 1.29 is 23.8 Å². The highest BCUT2D eigenvalue weighted by atomic mass is 35.5. The third-order valence-electron chi connectivity index (χ3n) is 4.24. The quantitative estimate of drug-likeness (QED) is 0.570. The summed E-state index contributed by atoms with van der Waals surface area (Å²) in [6.45, 7) is 4.05. The van der Waals surface area contributed by atoms with E-state index in [-0.39, 0.29) is 11.7 Å². The minimum Gasteiger partial charge on any atom is -0.497 e. The molecule has 1 heterocycles. The maximum absolute atomic E-state index is 12.3. The van der Waals surface area contributed by atoms with E-state index < -0.39 is 23.6 Å². The lowest BCUT2D eigenvalue weighted by molar-refractivity contribution is -0.122. The first-order valence-electron chi connectivity index (χ1n) is 8.15. The molecule has 1 aliphatic rings. The second kappa shape index (κ2) is 8.10. The number of ether oxygens (including phenoxy) is 3. The fraction of sp³-hybridized carbons (Fsp3) is 0.529. The van der Waals surface area contributed by atoms with Gasteiger partial charge in [-0.3, -0.25) is 9.59 Å². The van der Waals surface area contributed by atoms with Crippen LogP contribution in [0.25, 0.3) is 0 Å². The van der Waals surface area contributed by atoms with Crippen molar-refractivity contribution in [1.29, 1.82) is 0 Å². The van der Waals surface area contributed by atoms with Crippen LogP contribution in [0.2, 0.25) is 0 Å². The van der Waals surface area contributed by atoms with Gasteiger partial charge in [0.05, 0.1) is 20.3 Å². The van der Waals surface area contributed by atoms with Crippen molar-refractivity contribution in [2.24, 2.45) is 5.92 Å². The predicted molar refractivity (Wildman–Crippen MR) is 97.0 cm³/mol. The summed E-state index contributed by atoms with van der Waals surface area (Å²) in [5.41, 5.74) is 0.646. The Morgan fingerprint density at radius 1 is 1.32 bits per heavy atom. The molecule has 2 unspecified atom stereocenters. The molecule has 0 bridgehead atoms. The highest BCUT2D eigenvalue weighted by molar-refractivity contribution is 6.64. The van der Waals surface area contributed by atoms with Gasteiger partial charge in [-0.05, 0) is 36.1 Å². The molecule has 1 aliphatic heterocycles. The van der Waals surface area contributed by atoms with Gasteiger partial charge < -0.3 is 19.1 Å². The standard InChI is InChI=1S/C17H23BClNO5/c1-9(2)7-12-14(15(19)21)25-16(20(12)17(18)22)11-6-5-10(23-3)8-13(11)24-4/h5-6,8-9,12,14,16H,7,18H2,1-4H3/t12?,14-,16?/m1/s1. The average molecular weight is 368 g/mol. The first-order valence-corrected chi connectivity index (χ1v) is 8.53. The lowest BCUT2D eigenvalue weighted by Gasteiger charge is -2.30. The zero-order valence-corrected chi connectivity index (χ0v) is 15.9. The van der Waals surface area contributed by atoms with Crippen LogP contribution in [-0.4, -0.2) is 50.2 Å². The Hall–Kier alpha value is -1.73. The van der Waals surface area contributed by atoms with Crippen molar-refractivity contribution in [1.82, 2.24) is 4.90 Å². The summed E-state index contributed by atoms with van der Waals surface area (Å²) in [5, 5.41) is -0.605. The van der Waals surface area contributed by atoms with E-state index in [0.29, 0.717) is 23.5 Å². The number of hydrogen-bond acceptors (Lipinski definition) is 5. The van der Waals surface area contributed by atoms with Crippen LogP contribution in [0.15, 0.2) is 18.2 Å². The molecule has 25 heavy (non-hydrogen) atoms. The lowest BCUT2D eigenvalue weighted by Crippen LogP contribution is -2.42. The Labute approximate surface area is 153 Å². The van der Waals surface area contributed by atoms with Crippen molar-refractivity contribution in [3.63, 3.8) is 0 Å². The second-order valence-electron chi connectivity index (χ2n) is 6.44. The summed E-state index contributed by atoms with van der Waals surface area (Å²) in [7, 11) is 4.55. The molecule has 0 N–H and O–H groups in total. The largest absolute Gasteiger partial charge is 0.497 e. The fourth-order valence-corrected chi connectivity index (χ4v) is 3.38. The highest BCUT2D eigenvalue weighted by Crippen LogP contribution is 2.42. The molecule has 8 heteroatoms. The Morgan fingerprint density at radius 3 is 2.48 bits per heavy atom. The number of carbonyl (C=O) groups is 2. The van der Waals surface area contributed by atoms with Gasteiger partial charge in [-0.2, -0.15) is 0 Å². The van der Waals surface area contributed by atoms with E-state index in [1.807, 2.05) is 13.8 Å². The van der Waals surface area contributed by atoms with Crippen molar-refractivity contribution >= 4 is 30.5 Å². The molecule has 0 spiro atoms. The minimum absolute atomic E-state index is 0.186. The van der Waals surface area contributed by atoms with Crippen LogP contribution in [0.1, 0.15) is 32.1 Å². The van der Waals surface area contributed by atoms with E-state index in [1.165, 1.54) is 15.0 Å². The molecule has 2 rings (SSSR count). The molecular formula is C17H23BClNO5. The zero-order valence-electron chi connectivity index (χ0n) is 15.1. The van der Waals surface area contributed by atoms with Crippen LogP contribution in [0.5, 0.6) is 11.5 Å². The van der Waals surface area contributed by atoms with Gasteiger partial charge in [-0.1, -0.05) is 13.8 Å². The maximum Gasteiger partial charge on any atom is 0.252 e. The molecule has 1 fully saturated rings.